The van der Waals surface area contributed by atoms with E-state index in [9.17, 15) is 9.18 Å². The summed E-state index contributed by atoms with van der Waals surface area (Å²) in [6.07, 6.45) is 4.86. The summed E-state index contributed by atoms with van der Waals surface area (Å²) < 4.78 is 13.4. The maximum absolute atomic E-state index is 13.4. The molecule has 0 radical (unpaired) electrons. The quantitative estimate of drug-likeness (QED) is 0.858. The molecule has 1 unspecified atom stereocenters. The monoisotopic (exact) mass is 264 g/mol. The zero-order chi connectivity index (χ0) is 13.7. The maximum Gasteiger partial charge on any atom is 0.221 e. The molecule has 1 aromatic carbocycles. The largest absolute Gasteiger partial charge is 0.349 e. The van der Waals surface area contributed by atoms with Crippen molar-refractivity contribution in [2.75, 3.05) is 6.54 Å². The minimum Gasteiger partial charge on any atom is -0.349 e. The molecule has 19 heavy (non-hydrogen) atoms. The Morgan fingerprint density at radius 3 is 2.79 bits per heavy atom. The molecule has 1 saturated carbocycles. The van der Waals surface area contributed by atoms with Crippen LogP contribution < -0.4 is 11.1 Å². The molecule has 104 valence electrons. The highest BCUT2D eigenvalue weighted by Crippen LogP contribution is 2.35. The Morgan fingerprint density at radius 2 is 2.16 bits per heavy atom. The molecule has 0 aromatic heterocycles. The van der Waals surface area contributed by atoms with E-state index < -0.39 is 0 Å². The number of nitrogens with two attached hydrogens (primary N) is 1. The third-order valence-electron chi connectivity index (χ3n) is 3.77. The lowest BCUT2D eigenvalue weighted by molar-refractivity contribution is -0.122. The Kier molecular flexibility index (Phi) is 4.91. The van der Waals surface area contributed by atoms with Crippen LogP contribution >= 0.6 is 0 Å². The maximum atomic E-state index is 13.4. The number of carbonyl (C=O) groups is 1. The summed E-state index contributed by atoms with van der Waals surface area (Å²) in [5.74, 6) is 0.0979. The van der Waals surface area contributed by atoms with Gasteiger partial charge in [0, 0.05) is 13.0 Å². The molecule has 0 saturated heterocycles. The second-order valence-electron chi connectivity index (χ2n) is 5.18. The Hall–Kier alpha value is -1.42. The van der Waals surface area contributed by atoms with Gasteiger partial charge in [0.15, 0.2) is 0 Å². The first kappa shape index (κ1) is 14.0. The number of carbonyl (C=O) groups excluding carboxylic acids is 1. The number of rotatable bonds is 5. The molecule has 1 aliphatic rings. The molecule has 3 N–H and O–H groups in total. The predicted octanol–water partition coefficient (Wildman–Crippen LogP) is 2.52. The van der Waals surface area contributed by atoms with Crippen LogP contribution in [-0.2, 0) is 4.79 Å². The van der Waals surface area contributed by atoms with Gasteiger partial charge in [0.2, 0.25) is 5.91 Å². The molecule has 0 heterocycles. The van der Waals surface area contributed by atoms with Gasteiger partial charge in [-0.05, 0) is 36.5 Å². The second kappa shape index (κ2) is 6.66. The zero-order valence-corrected chi connectivity index (χ0v) is 11.1. The minimum atomic E-state index is -0.256. The van der Waals surface area contributed by atoms with Crippen LogP contribution in [0.1, 0.15) is 43.7 Å². The molecule has 0 aliphatic heterocycles. The fourth-order valence-corrected chi connectivity index (χ4v) is 2.84. The van der Waals surface area contributed by atoms with Gasteiger partial charge in [-0.3, -0.25) is 4.79 Å². The first-order valence-corrected chi connectivity index (χ1v) is 6.95. The number of hydrogen-bond acceptors (Lipinski definition) is 2. The summed E-state index contributed by atoms with van der Waals surface area (Å²) in [4.78, 5) is 11.8. The highest BCUT2D eigenvalue weighted by atomic mass is 19.1. The van der Waals surface area contributed by atoms with Gasteiger partial charge in [-0.15, -0.1) is 0 Å². The fourth-order valence-electron chi connectivity index (χ4n) is 2.84. The van der Waals surface area contributed by atoms with Gasteiger partial charge in [-0.25, -0.2) is 4.39 Å². The Balaban J connectivity index is 2.15. The second-order valence-corrected chi connectivity index (χ2v) is 5.18. The molecular formula is C15H21FN2O. The molecule has 4 heteroatoms. The average Bonchev–Trinajstić information content (AvgIpc) is 2.90. The van der Waals surface area contributed by atoms with Crippen molar-refractivity contribution in [3.8, 4) is 0 Å². The highest BCUT2D eigenvalue weighted by Gasteiger charge is 2.27. The van der Waals surface area contributed by atoms with E-state index in [2.05, 4.69) is 5.32 Å². The van der Waals surface area contributed by atoms with E-state index >= 15 is 0 Å². The lowest BCUT2D eigenvalue weighted by Crippen LogP contribution is -2.33. The van der Waals surface area contributed by atoms with Crippen molar-refractivity contribution in [3.05, 3.63) is 35.6 Å². The molecule has 1 amide bonds. The smallest absolute Gasteiger partial charge is 0.221 e. The minimum absolute atomic E-state index is 0.0522. The zero-order valence-electron chi connectivity index (χ0n) is 11.1. The van der Waals surface area contributed by atoms with E-state index in [-0.39, 0.29) is 17.8 Å². The molecule has 1 aromatic rings. The van der Waals surface area contributed by atoms with Crippen molar-refractivity contribution < 1.29 is 9.18 Å². The van der Waals surface area contributed by atoms with Crippen LogP contribution in [0.3, 0.4) is 0 Å². The molecular weight excluding hydrogens is 243 g/mol. The molecule has 3 nitrogen and oxygen atoms in total. The predicted molar refractivity (Wildman–Crippen MR) is 72.9 cm³/mol. The Bertz CT molecular complexity index is 430. The van der Waals surface area contributed by atoms with Gasteiger partial charge in [0.05, 0.1) is 6.04 Å². The molecule has 0 spiro atoms. The van der Waals surface area contributed by atoms with Crippen LogP contribution in [0.2, 0.25) is 0 Å². The van der Waals surface area contributed by atoms with Crippen LogP contribution in [0.5, 0.6) is 0 Å². The van der Waals surface area contributed by atoms with Crippen molar-refractivity contribution in [2.45, 2.75) is 38.1 Å². The third kappa shape index (κ3) is 3.77. The van der Waals surface area contributed by atoms with Crippen molar-refractivity contribution >= 4 is 5.91 Å². The van der Waals surface area contributed by atoms with Crippen LogP contribution in [-0.4, -0.2) is 12.5 Å². The molecule has 1 fully saturated rings. The first-order valence-electron chi connectivity index (χ1n) is 6.95. The van der Waals surface area contributed by atoms with Crippen LogP contribution in [0.4, 0.5) is 4.39 Å². The fraction of sp³-hybridized carbons (Fsp3) is 0.533. The highest BCUT2D eigenvalue weighted by molar-refractivity contribution is 5.76. The van der Waals surface area contributed by atoms with Gasteiger partial charge in [-0.2, -0.15) is 0 Å². The van der Waals surface area contributed by atoms with E-state index in [1.807, 2.05) is 6.07 Å². The van der Waals surface area contributed by atoms with Gasteiger partial charge in [-0.1, -0.05) is 25.0 Å². The van der Waals surface area contributed by atoms with Gasteiger partial charge < -0.3 is 11.1 Å². The van der Waals surface area contributed by atoms with E-state index in [4.69, 9.17) is 5.73 Å². The summed E-state index contributed by atoms with van der Waals surface area (Å²) in [6, 6.07) is 6.44. The Morgan fingerprint density at radius 1 is 1.42 bits per heavy atom. The summed E-state index contributed by atoms with van der Waals surface area (Å²) in [6.45, 7) is 0.340. The average molecular weight is 264 g/mol. The number of hydrogen-bond donors (Lipinski definition) is 2. The number of halogens is 1. The Labute approximate surface area is 113 Å². The lowest BCUT2D eigenvalue weighted by Gasteiger charge is -2.25. The van der Waals surface area contributed by atoms with E-state index in [0.717, 1.165) is 18.4 Å². The standard InChI is InChI=1S/C15H21FN2O/c16-13-7-3-6-12(10-13)15(11-4-1-2-5-11)18-14(19)8-9-17/h3,6-7,10-11,15H,1-2,4-5,8-9,17H2,(H,18,19). The molecule has 1 atom stereocenters. The first-order chi connectivity index (χ1) is 9.20. The third-order valence-corrected chi connectivity index (χ3v) is 3.77. The molecule has 2 rings (SSSR count). The molecule has 0 bridgehead atoms. The number of nitrogens with one attached hydrogen (secondary N) is 1. The van der Waals surface area contributed by atoms with Gasteiger partial charge in [0.25, 0.3) is 0 Å². The summed E-state index contributed by atoms with van der Waals surface area (Å²) in [5, 5.41) is 3.02. The van der Waals surface area contributed by atoms with Crippen LogP contribution in [0.15, 0.2) is 24.3 Å². The van der Waals surface area contributed by atoms with Gasteiger partial charge >= 0.3 is 0 Å². The number of benzene rings is 1. The number of amides is 1. The normalized spacial score (nSPS) is 17.4. The topological polar surface area (TPSA) is 55.1 Å². The van der Waals surface area contributed by atoms with Crippen molar-refractivity contribution in [2.24, 2.45) is 11.7 Å². The summed E-state index contributed by atoms with van der Waals surface area (Å²) in [5.41, 5.74) is 6.26. The summed E-state index contributed by atoms with van der Waals surface area (Å²) >= 11 is 0. The van der Waals surface area contributed by atoms with Crippen LogP contribution in [0, 0.1) is 11.7 Å². The van der Waals surface area contributed by atoms with E-state index in [0.29, 0.717) is 18.9 Å². The van der Waals surface area contributed by atoms with E-state index in [1.54, 1.807) is 6.07 Å². The van der Waals surface area contributed by atoms with Crippen molar-refractivity contribution in [1.82, 2.24) is 5.32 Å². The van der Waals surface area contributed by atoms with Gasteiger partial charge in [0.1, 0.15) is 5.82 Å². The summed E-state index contributed by atoms with van der Waals surface area (Å²) in [7, 11) is 0. The van der Waals surface area contributed by atoms with Crippen molar-refractivity contribution in [1.29, 1.82) is 0 Å². The SMILES string of the molecule is NCCC(=O)NC(c1cccc(F)c1)C1CCCC1. The van der Waals surface area contributed by atoms with Crippen LogP contribution in [0.25, 0.3) is 0 Å². The molecule has 1 aliphatic carbocycles. The van der Waals surface area contributed by atoms with Crippen molar-refractivity contribution in [3.63, 3.8) is 0 Å². The lowest BCUT2D eigenvalue weighted by atomic mass is 9.91. The van der Waals surface area contributed by atoms with E-state index in [1.165, 1.54) is 25.0 Å².